The quantitative estimate of drug-likeness (QED) is 0.511. The molecule has 0 aromatic heterocycles. The summed E-state index contributed by atoms with van der Waals surface area (Å²) < 4.78 is 0. The van der Waals surface area contributed by atoms with E-state index in [1.807, 2.05) is 27.7 Å². The van der Waals surface area contributed by atoms with Crippen molar-refractivity contribution in [2.24, 2.45) is 0 Å². The third kappa shape index (κ3) is 5.04. The fourth-order valence-electron chi connectivity index (χ4n) is 1.54. The second-order valence-electron chi connectivity index (χ2n) is 3.30. The third-order valence-electron chi connectivity index (χ3n) is 2.26. The highest BCUT2D eigenvalue weighted by Crippen LogP contribution is 2.18. The van der Waals surface area contributed by atoms with Gasteiger partial charge in [0.05, 0.1) is 0 Å². The topological polar surface area (TPSA) is 0 Å². The van der Waals surface area contributed by atoms with Crippen molar-refractivity contribution < 1.29 is 0 Å². The summed E-state index contributed by atoms with van der Waals surface area (Å²) in [6, 6.07) is 13.0. The fraction of sp³-hybridized carbons (Fsp3) is 0.412. The first-order valence-corrected chi connectivity index (χ1v) is 6.23. The molecule has 0 radical (unpaired) electrons. The second kappa shape index (κ2) is 9.89. The van der Waals surface area contributed by atoms with Crippen LogP contribution in [-0.4, -0.2) is 0 Å². The van der Waals surface area contributed by atoms with Gasteiger partial charge in [0.1, 0.15) is 0 Å². The van der Waals surface area contributed by atoms with Crippen LogP contribution >= 0.6 is 0 Å². The van der Waals surface area contributed by atoms with Crippen molar-refractivity contribution >= 4 is 10.8 Å². The van der Waals surface area contributed by atoms with E-state index in [-0.39, 0.29) is 7.43 Å². The summed E-state index contributed by atoms with van der Waals surface area (Å²) in [6.07, 6.45) is 0. The molecule has 0 unspecified atom stereocenters. The monoisotopic (exact) mass is 232 g/mol. The molecule has 0 atom stereocenters. The largest absolute Gasteiger partial charge is 0.0776 e. The fourth-order valence-corrected chi connectivity index (χ4v) is 1.54. The molecule has 0 aliphatic carbocycles. The van der Waals surface area contributed by atoms with Gasteiger partial charge < -0.3 is 0 Å². The zero-order chi connectivity index (χ0) is 12.6. The molecule has 96 valence electrons. The molecule has 0 heterocycles. The molecule has 0 amide bonds. The van der Waals surface area contributed by atoms with E-state index in [0.717, 1.165) is 0 Å². The van der Waals surface area contributed by atoms with E-state index in [9.17, 15) is 0 Å². The van der Waals surface area contributed by atoms with E-state index in [4.69, 9.17) is 0 Å². The molecule has 17 heavy (non-hydrogen) atoms. The SMILES string of the molecule is C.CC.CC.Cc1ccc2cccc(C)c2c1. The number of hydrogen-bond acceptors (Lipinski definition) is 0. The van der Waals surface area contributed by atoms with Gasteiger partial charge in [0.25, 0.3) is 0 Å². The van der Waals surface area contributed by atoms with Crippen LogP contribution in [0.3, 0.4) is 0 Å². The Kier molecular flexibility index (Phi) is 10.5. The Bertz CT molecular complexity index is 413. The summed E-state index contributed by atoms with van der Waals surface area (Å²) in [5, 5.41) is 2.71. The first-order valence-electron chi connectivity index (χ1n) is 6.23. The second-order valence-corrected chi connectivity index (χ2v) is 3.30. The smallest absolute Gasteiger partial charge is 0.0152 e. The minimum absolute atomic E-state index is 0. The van der Waals surface area contributed by atoms with Crippen LogP contribution in [0, 0.1) is 13.8 Å². The highest BCUT2D eigenvalue weighted by molar-refractivity contribution is 5.86. The van der Waals surface area contributed by atoms with Gasteiger partial charge in [-0.1, -0.05) is 77.1 Å². The lowest BCUT2D eigenvalue weighted by Gasteiger charge is -2.01. The van der Waals surface area contributed by atoms with E-state index in [2.05, 4.69) is 50.2 Å². The van der Waals surface area contributed by atoms with Gasteiger partial charge in [0.15, 0.2) is 0 Å². The van der Waals surface area contributed by atoms with Gasteiger partial charge in [-0.2, -0.15) is 0 Å². The van der Waals surface area contributed by atoms with Gasteiger partial charge in [0.2, 0.25) is 0 Å². The number of benzene rings is 2. The highest BCUT2D eigenvalue weighted by atomic mass is 14.0. The van der Waals surface area contributed by atoms with Gasteiger partial charge >= 0.3 is 0 Å². The van der Waals surface area contributed by atoms with Crippen molar-refractivity contribution in [1.82, 2.24) is 0 Å². The third-order valence-corrected chi connectivity index (χ3v) is 2.26. The highest BCUT2D eigenvalue weighted by Gasteiger charge is 1.95. The van der Waals surface area contributed by atoms with Crippen molar-refractivity contribution in [3.05, 3.63) is 47.5 Å². The summed E-state index contributed by atoms with van der Waals surface area (Å²) in [5.41, 5.74) is 2.69. The van der Waals surface area contributed by atoms with E-state index in [1.165, 1.54) is 21.9 Å². The first-order chi connectivity index (χ1) is 7.77. The molecule has 0 aliphatic rings. The molecule has 0 heteroatoms. The minimum atomic E-state index is 0. The maximum absolute atomic E-state index is 2.24. The van der Waals surface area contributed by atoms with Crippen LogP contribution in [0.25, 0.3) is 10.8 Å². The van der Waals surface area contributed by atoms with Crippen LogP contribution in [0.5, 0.6) is 0 Å². The van der Waals surface area contributed by atoms with Gasteiger partial charge in [-0.3, -0.25) is 0 Å². The minimum Gasteiger partial charge on any atom is -0.0776 e. The van der Waals surface area contributed by atoms with Crippen molar-refractivity contribution in [2.75, 3.05) is 0 Å². The van der Waals surface area contributed by atoms with Crippen molar-refractivity contribution in [1.29, 1.82) is 0 Å². The lowest BCUT2D eigenvalue weighted by atomic mass is 10.0. The molecule has 0 aliphatic heterocycles. The van der Waals surface area contributed by atoms with E-state index in [1.54, 1.807) is 0 Å². The Morgan fingerprint density at radius 3 is 1.94 bits per heavy atom. The molecule has 0 fully saturated rings. The molecule has 0 spiro atoms. The maximum atomic E-state index is 2.24. The Morgan fingerprint density at radius 1 is 0.765 bits per heavy atom. The van der Waals surface area contributed by atoms with Crippen LogP contribution < -0.4 is 0 Å². The molecule has 0 nitrogen and oxygen atoms in total. The van der Waals surface area contributed by atoms with E-state index in [0.29, 0.717) is 0 Å². The number of rotatable bonds is 0. The Balaban J connectivity index is 0. The lowest BCUT2D eigenvalue weighted by molar-refractivity contribution is 1.47. The molecule has 2 rings (SSSR count). The van der Waals surface area contributed by atoms with Crippen molar-refractivity contribution in [3.63, 3.8) is 0 Å². The Labute approximate surface area is 108 Å². The van der Waals surface area contributed by atoms with E-state index < -0.39 is 0 Å². The Morgan fingerprint density at radius 2 is 1.35 bits per heavy atom. The normalized spacial score (nSPS) is 8.12. The number of fused-ring (bicyclic) bond motifs is 1. The standard InChI is InChI=1S/C12H12.2C2H6.CH4/c1-9-6-7-11-5-3-4-10(2)12(11)8-9;2*1-2;/h3-8H,1-2H3;2*1-2H3;1H4. The molecule has 2 aromatic carbocycles. The maximum Gasteiger partial charge on any atom is -0.0152 e. The van der Waals surface area contributed by atoms with Gasteiger partial charge in [-0.25, -0.2) is 0 Å². The van der Waals surface area contributed by atoms with Gasteiger partial charge in [-0.05, 0) is 30.2 Å². The zero-order valence-electron chi connectivity index (χ0n) is 11.5. The van der Waals surface area contributed by atoms with Crippen LogP contribution in [-0.2, 0) is 0 Å². The number of aryl methyl sites for hydroxylation is 2. The first kappa shape index (κ1) is 18.1. The molecular weight excluding hydrogens is 204 g/mol. The zero-order valence-corrected chi connectivity index (χ0v) is 11.5. The average molecular weight is 232 g/mol. The van der Waals surface area contributed by atoms with Crippen molar-refractivity contribution in [2.45, 2.75) is 49.0 Å². The predicted molar refractivity (Wildman–Crippen MR) is 82.8 cm³/mol. The summed E-state index contributed by atoms with van der Waals surface area (Å²) in [6.45, 7) is 12.3. The molecule has 0 bridgehead atoms. The van der Waals surface area contributed by atoms with Crippen LogP contribution in [0.2, 0.25) is 0 Å². The molecular formula is C17H28. The average Bonchev–Trinajstić information content (AvgIpc) is 2.35. The Hall–Kier alpha value is -1.30. The summed E-state index contributed by atoms with van der Waals surface area (Å²) in [4.78, 5) is 0. The van der Waals surface area contributed by atoms with Crippen LogP contribution in [0.15, 0.2) is 36.4 Å². The van der Waals surface area contributed by atoms with Gasteiger partial charge in [0, 0.05) is 0 Å². The van der Waals surface area contributed by atoms with Crippen molar-refractivity contribution in [3.8, 4) is 0 Å². The van der Waals surface area contributed by atoms with Crippen LogP contribution in [0.4, 0.5) is 0 Å². The molecule has 0 saturated heterocycles. The summed E-state index contributed by atoms with van der Waals surface area (Å²) in [7, 11) is 0. The summed E-state index contributed by atoms with van der Waals surface area (Å²) in [5.74, 6) is 0. The molecule has 2 aromatic rings. The van der Waals surface area contributed by atoms with Gasteiger partial charge in [-0.15, -0.1) is 0 Å². The van der Waals surface area contributed by atoms with Crippen LogP contribution in [0.1, 0.15) is 46.2 Å². The number of hydrogen-bond donors (Lipinski definition) is 0. The predicted octanol–water partition coefficient (Wildman–Crippen LogP) is 6.15. The molecule has 0 saturated carbocycles. The van der Waals surface area contributed by atoms with E-state index >= 15 is 0 Å². The summed E-state index contributed by atoms with van der Waals surface area (Å²) >= 11 is 0. The molecule has 0 N–H and O–H groups in total. The lowest BCUT2D eigenvalue weighted by Crippen LogP contribution is -1.78.